The summed E-state index contributed by atoms with van der Waals surface area (Å²) in [5.74, 6) is 0.579. The van der Waals surface area contributed by atoms with Crippen LogP contribution < -0.4 is 4.74 Å². The van der Waals surface area contributed by atoms with E-state index in [1.807, 2.05) is 24.3 Å². The highest BCUT2D eigenvalue weighted by Gasteiger charge is 2.28. The van der Waals surface area contributed by atoms with E-state index in [4.69, 9.17) is 9.47 Å². The molecule has 126 valence electrons. The van der Waals surface area contributed by atoms with E-state index < -0.39 is 6.10 Å². The summed E-state index contributed by atoms with van der Waals surface area (Å²) in [4.78, 5) is 27.4. The summed E-state index contributed by atoms with van der Waals surface area (Å²) in [6.07, 6.45) is -0.885. The molecule has 0 unspecified atom stereocenters. The molecule has 0 aromatic heterocycles. The van der Waals surface area contributed by atoms with Gasteiger partial charge in [0.05, 0.1) is 6.61 Å². The fraction of sp³-hybridized carbons (Fsp3) is 0.500. The predicted octanol–water partition coefficient (Wildman–Crippen LogP) is 2.52. The van der Waals surface area contributed by atoms with Crippen molar-refractivity contribution in [3.63, 3.8) is 0 Å². The van der Waals surface area contributed by atoms with Crippen molar-refractivity contribution in [3.8, 4) is 5.75 Å². The fourth-order valence-electron chi connectivity index (χ4n) is 2.35. The number of rotatable bonds is 4. The van der Waals surface area contributed by atoms with E-state index in [1.54, 1.807) is 23.6 Å². The van der Waals surface area contributed by atoms with Gasteiger partial charge >= 0.3 is 6.09 Å². The average Bonchev–Trinajstić information content (AvgIpc) is 2.56. The number of benzene rings is 1. The van der Waals surface area contributed by atoms with Crippen LogP contribution in [0.2, 0.25) is 0 Å². The summed E-state index contributed by atoms with van der Waals surface area (Å²) in [5.41, 5.74) is 0. The first-order valence-electron chi connectivity index (χ1n) is 7.64. The molecule has 1 atom stereocenters. The maximum Gasteiger partial charge on any atom is 0.409 e. The summed E-state index contributed by atoms with van der Waals surface area (Å²) in [5, 5.41) is 0. The van der Waals surface area contributed by atoms with Crippen molar-refractivity contribution in [3.05, 3.63) is 28.7 Å². The Morgan fingerprint density at radius 2 is 1.70 bits per heavy atom. The van der Waals surface area contributed by atoms with Gasteiger partial charge in [0.1, 0.15) is 5.75 Å². The molecule has 1 aromatic carbocycles. The molecular weight excluding hydrogens is 364 g/mol. The van der Waals surface area contributed by atoms with Gasteiger partial charge in [0.15, 0.2) is 6.10 Å². The number of halogens is 1. The highest BCUT2D eigenvalue weighted by Crippen LogP contribution is 2.18. The Labute approximate surface area is 144 Å². The van der Waals surface area contributed by atoms with Crippen LogP contribution in [0.15, 0.2) is 28.7 Å². The topological polar surface area (TPSA) is 59.1 Å². The Bertz CT molecular complexity index is 542. The van der Waals surface area contributed by atoms with E-state index in [0.29, 0.717) is 38.5 Å². The first-order valence-corrected chi connectivity index (χ1v) is 8.43. The van der Waals surface area contributed by atoms with E-state index in [1.165, 1.54) is 0 Å². The zero-order valence-corrected chi connectivity index (χ0v) is 14.9. The molecule has 6 nitrogen and oxygen atoms in total. The van der Waals surface area contributed by atoms with Gasteiger partial charge in [0.25, 0.3) is 5.91 Å². The molecule has 0 aliphatic carbocycles. The van der Waals surface area contributed by atoms with Gasteiger partial charge in [-0.1, -0.05) is 15.9 Å². The van der Waals surface area contributed by atoms with Crippen molar-refractivity contribution < 1.29 is 19.1 Å². The Morgan fingerprint density at radius 1 is 1.13 bits per heavy atom. The van der Waals surface area contributed by atoms with Crippen molar-refractivity contribution in [2.45, 2.75) is 20.0 Å². The lowest BCUT2D eigenvalue weighted by atomic mass is 10.2. The Kier molecular flexibility index (Phi) is 6.27. The molecule has 0 N–H and O–H groups in total. The van der Waals surface area contributed by atoms with Crippen molar-refractivity contribution in [2.24, 2.45) is 0 Å². The predicted molar refractivity (Wildman–Crippen MR) is 89.4 cm³/mol. The molecule has 1 aliphatic heterocycles. The number of carbonyl (C=O) groups is 2. The minimum absolute atomic E-state index is 0.0728. The van der Waals surface area contributed by atoms with Gasteiger partial charge in [-0.2, -0.15) is 0 Å². The number of ether oxygens (including phenoxy) is 2. The van der Waals surface area contributed by atoms with Crippen LogP contribution >= 0.6 is 15.9 Å². The van der Waals surface area contributed by atoms with Crippen LogP contribution in [0.4, 0.5) is 4.79 Å². The number of nitrogens with zero attached hydrogens (tertiary/aromatic N) is 2. The SMILES string of the molecule is CCOC(=O)N1CCN(C(=O)[C@@H](C)Oc2ccc(Br)cc2)CC1. The fourth-order valence-corrected chi connectivity index (χ4v) is 2.61. The van der Waals surface area contributed by atoms with Gasteiger partial charge in [-0.15, -0.1) is 0 Å². The molecule has 1 fully saturated rings. The molecule has 1 saturated heterocycles. The van der Waals surface area contributed by atoms with E-state index in [-0.39, 0.29) is 12.0 Å². The third-order valence-corrected chi connectivity index (χ3v) is 4.12. The van der Waals surface area contributed by atoms with Gasteiger partial charge < -0.3 is 19.3 Å². The van der Waals surface area contributed by atoms with E-state index in [9.17, 15) is 9.59 Å². The molecular formula is C16H21BrN2O4. The molecule has 7 heteroatoms. The third-order valence-electron chi connectivity index (χ3n) is 3.59. The van der Waals surface area contributed by atoms with Crippen LogP contribution in [0.3, 0.4) is 0 Å². The van der Waals surface area contributed by atoms with Gasteiger partial charge in [0.2, 0.25) is 0 Å². The average molecular weight is 385 g/mol. The van der Waals surface area contributed by atoms with Gasteiger partial charge in [-0.05, 0) is 38.1 Å². The Balaban J connectivity index is 1.84. The van der Waals surface area contributed by atoms with Gasteiger partial charge in [-0.3, -0.25) is 4.79 Å². The monoisotopic (exact) mass is 384 g/mol. The highest BCUT2D eigenvalue weighted by molar-refractivity contribution is 9.10. The van der Waals surface area contributed by atoms with Crippen molar-refractivity contribution >= 4 is 27.9 Å². The number of piperazine rings is 1. The first-order chi connectivity index (χ1) is 11.0. The Hall–Kier alpha value is -1.76. The third kappa shape index (κ3) is 4.86. The molecule has 0 bridgehead atoms. The zero-order valence-electron chi connectivity index (χ0n) is 13.3. The smallest absolute Gasteiger partial charge is 0.409 e. The largest absolute Gasteiger partial charge is 0.481 e. The van der Waals surface area contributed by atoms with Crippen LogP contribution in [-0.2, 0) is 9.53 Å². The Morgan fingerprint density at radius 3 is 2.26 bits per heavy atom. The van der Waals surface area contributed by atoms with Crippen LogP contribution in [0.1, 0.15) is 13.8 Å². The van der Waals surface area contributed by atoms with Crippen LogP contribution in [0.5, 0.6) is 5.75 Å². The quantitative estimate of drug-likeness (QED) is 0.799. The second-order valence-electron chi connectivity index (χ2n) is 5.23. The van der Waals surface area contributed by atoms with Crippen molar-refractivity contribution in [1.82, 2.24) is 9.80 Å². The van der Waals surface area contributed by atoms with Gasteiger partial charge in [-0.25, -0.2) is 4.79 Å². The second-order valence-corrected chi connectivity index (χ2v) is 6.14. The first kappa shape index (κ1) is 17.6. The normalized spacial score (nSPS) is 16.0. The summed E-state index contributed by atoms with van der Waals surface area (Å²) in [6, 6.07) is 7.36. The number of hydrogen-bond donors (Lipinski definition) is 0. The summed E-state index contributed by atoms with van der Waals surface area (Å²) in [6.45, 7) is 5.82. The van der Waals surface area contributed by atoms with Crippen molar-refractivity contribution in [1.29, 1.82) is 0 Å². The maximum absolute atomic E-state index is 12.4. The van der Waals surface area contributed by atoms with Crippen molar-refractivity contribution in [2.75, 3.05) is 32.8 Å². The van der Waals surface area contributed by atoms with Crippen LogP contribution in [-0.4, -0.2) is 60.7 Å². The highest BCUT2D eigenvalue weighted by atomic mass is 79.9. The molecule has 2 amide bonds. The number of amides is 2. The van der Waals surface area contributed by atoms with E-state index >= 15 is 0 Å². The number of carbonyl (C=O) groups excluding carboxylic acids is 2. The zero-order chi connectivity index (χ0) is 16.8. The van der Waals surface area contributed by atoms with Gasteiger partial charge in [0, 0.05) is 30.7 Å². The molecule has 0 radical (unpaired) electrons. The molecule has 1 heterocycles. The molecule has 0 spiro atoms. The summed E-state index contributed by atoms with van der Waals surface area (Å²) in [7, 11) is 0. The molecule has 2 rings (SSSR count). The molecule has 1 aliphatic rings. The molecule has 0 saturated carbocycles. The van der Waals surface area contributed by atoms with E-state index in [0.717, 1.165) is 4.47 Å². The number of hydrogen-bond acceptors (Lipinski definition) is 4. The van der Waals surface area contributed by atoms with E-state index in [2.05, 4.69) is 15.9 Å². The summed E-state index contributed by atoms with van der Waals surface area (Å²) < 4.78 is 11.6. The maximum atomic E-state index is 12.4. The van der Waals surface area contributed by atoms with Crippen LogP contribution in [0.25, 0.3) is 0 Å². The van der Waals surface area contributed by atoms with Crippen LogP contribution in [0, 0.1) is 0 Å². The molecule has 1 aromatic rings. The standard InChI is InChI=1S/C16H21BrN2O4/c1-3-22-16(21)19-10-8-18(9-11-19)15(20)12(2)23-14-6-4-13(17)5-7-14/h4-7,12H,3,8-11H2,1-2H3/t12-/m1/s1. The molecule has 23 heavy (non-hydrogen) atoms. The lowest BCUT2D eigenvalue weighted by molar-refractivity contribution is -0.139. The minimum atomic E-state index is -0.565. The second kappa shape index (κ2) is 8.19. The lowest BCUT2D eigenvalue weighted by Crippen LogP contribution is -2.53. The lowest BCUT2D eigenvalue weighted by Gasteiger charge is -2.35. The minimum Gasteiger partial charge on any atom is -0.481 e. The summed E-state index contributed by atoms with van der Waals surface area (Å²) >= 11 is 3.36.